The summed E-state index contributed by atoms with van der Waals surface area (Å²) >= 11 is 0. The average Bonchev–Trinajstić information content (AvgIpc) is 3.14. The molecule has 176 valence electrons. The SMILES string of the molecule is CCC(C)(CNC(=O)OCC1c2ccccc2-c2ccccc21)C(=O)N[C@H](CCO)C(=O)O. The predicted octanol–water partition coefficient (Wildman–Crippen LogP) is 2.89. The zero-order chi connectivity index (χ0) is 24.0. The van der Waals surface area contributed by atoms with Crippen LogP contribution in [0.25, 0.3) is 11.1 Å². The van der Waals surface area contributed by atoms with Gasteiger partial charge < -0.3 is 25.6 Å². The molecule has 1 aliphatic rings. The van der Waals surface area contributed by atoms with Crippen molar-refractivity contribution in [2.24, 2.45) is 5.41 Å². The van der Waals surface area contributed by atoms with Gasteiger partial charge in [0.1, 0.15) is 12.6 Å². The zero-order valence-electron chi connectivity index (χ0n) is 18.8. The first-order chi connectivity index (χ1) is 15.8. The standard InChI is InChI=1S/C25H30N2O6/c1-3-25(2,23(31)27-21(12-13-28)22(29)30)15-26-24(32)33-14-20-18-10-6-4-8-16(18)17-9-5-7-11-19(17)20/h4-11,20-21,28H,3,12-15H2,1-2H3,(H,26,32)(H,27,31)(H,29,30)/t21-,25?/m1/s1. The van der Waals surface area contributed by atoms with E-state index in [1.807, 2.05) is 36.4 Å². The highest BCUT2D eigenvalue weighted by Crippen LogP contribution is 2.44. The van der Waals surface area contributed by atoms with E-state index >= 15 is 0 Å². The maximum atomic E-state index is 12.7. The van der Waals surface area contributed by atoms with E-state index in [-0.39, 0.29) is 32.1 Å². The molecule has 0 saturated heterocycles. The smallest absolute Gasteiger partial charge is 0.407 e. The Balaban J connectivity index is 1.59. The molecule has 8 nitrogen and oxygen atoms in total. The number of aliphatic carboxylic acids is 1. The fourth-order valence-corrected chi connectivity index (χ4v) is 4.00. The largest absolute Gasteiger partial charge is 0.480 e. The Labute approximate surface area is 193 Å². The second kappa shape index (κ2) is 10.5. The van der Waals surface area contributed by atoms with Gasteiger partial charge in [0.2, 0.25) is 5.91 Å². The van der Waals surface area contributed by atoms with Crippen LogP contribution in [0.2, 0.25) is 0 Å². The van der Waals surface area contributed by atoms with Gasteiger partial charge in [0.05, 0.1) is 5.41 Å². The van der Waals surface area contributed by atoms with E-state index in [1.165, 1.54) is 0 Å². The summed E-state index contributed by atoms with van der Waals surface area (Å²) in [4.78, 5) is 36.4. The maximum absolute atomic E-state index is 12.7. The van der Waals surface area contributed by atoms with Crippen LogP contribution >= 0.6 is 0 Å². The van der Waals surface area contributed by atoms with Crippen molar-refractivity contribution in [2.75, 3.05) is 19.8 Å². The lowest BCUT2D eigenvalue weighted by Gasteiger charge is -2.28. The molecule has 3 rings (SSSR count). The van der Waals surface area contributed by atoms with E-state index in [0.717, 1.165) is 22.3 Å². The van der Waals surface area contributed by atoms with E-state index in [2.05, 4.69) is 22.8 Å². The number of benzene rings is 2. The topological polar surface area (TPSA) is 125 Å². The fraction of sp³-hybridized carbons (Fsp3) is 0.400. The van der Waals surface area contributed by atoms with Crippen LogP contribution in [0, 0.1) is 5.41 Å². The Morgan fingerprint density at radius 2 is 1.64 bits per heavy atom. The van der Waals surface area contributed by atoms with Crippen LogP contribution in [0.1, 0.15) is 43.7 Å². The number of aliphatic hydroxyl groups is 1. The first-order valence-corrected chi connectivity index (χ1v) is 11.0. The molecule has 0 saturated carbocycles. The molecule has 2 atom stereocenters. The molecular weight excluding hydrogens is 424 g/mol. The summed E-state index contributed by atoms with van der Waals surface area (Å²) < 4.78 is 5.51. The molecular formula is C25H30N2O6. The Kier molecular flexibility index (Phi) is 7.71. The van der Waals surface area contributed by atoms with Crippen molar-refractivity contribution in [2.45, 2.75) is 38.6 Å². The lowest BCUT2D eigenvalue weighted by molar-refractivity contribution is -0.144. The van der Waals surface area contributed by atoms with Crippen LogP contribution in [-0.2, 0) is 14.3 Å². The first kappa shape index (κ1) is 24.3. The second-order valence-electron chi connectivity index (χ2n) is 8.47. The summed E-state index contributed by atoms with van der Waals surface area (Å²) in [5.41, 5.74) is 3.44. The van der Waals surface area contributed by atoms with Gasteiger partial charge in [-0.15, -0.1) is 0 Å². The minimum atomic E-state index is -1.22. The van der Waals surface area contributed by atoms with Crippen molar-refractivity contribution in [3.8, 4) is 11.1 Å². The Morgan fingerprint density at radius 1 is 1.06 bits per heavy atom. The zero-order valence-corrected chi connectivity index (χ0v) is 18.8. The second-order valence-corrected chi connectivity index (χ2v) is 8.47. The molecule has 2 aromatic rings. The van der Waals surface area contributed by atoms with Crippen LogP contribution < -0.4 is 10.6 Å². The lowest BCUT2D eigenvalue weighted by Crippen LogP contribution is -2.51. The number of alkyl carbamates (subject to hydrolysis) is 1. The average molecular weight is 455 g/mol. The van der Waals surface area contributed by atoms with E-state index in [4.69, 9.17) is 9.84 Å². The third-order valence-corrected chi connectivity index (χ3v) is 6.32. The molecule has 0 heterocycles. The molecule has 0 bridgehead atoms. The van der Waals surface area contributed by atoms with E-state index < -0.39 is 29.4 Å². The third-order valence-electron chi connectivity index (χ3n) is 6.32. The van der Waals surface area contributed by atoms with E-state index in [0.29, 0.717) is 6.42 Å². The first-order valence-electron chi connectivity index (χ1n) is 11.0. The highest BCUT2D eigenvalue weighted by molar-refractivity contribution is 5.87. The predicted molar refractivity (Wildman–Crippen MR) is 123 cm³/mol. The quantitative estimate of drug-likeness (QED) is 0.438. The number of fused-ring (bicyclic) bond motifs is 3. The monoisotopic (exact) mass is 454 g/mol. The Bertz CT molecular complexity index is 978. The fourth-order valence-electron chi connectivity index (χ4n) is 4.00. The number of carbonyl (C=O) groups excluding carboxylic acids is 2. The van der Waals surface area contributed by atoms with Crippen molar-refractivity contribution in [3.63, 3.8) is 0 Å². The number of amides is 2. The number of nitrogens with one attached hydrogen (secondary N) is 2. The molecule has 0 spiro atoms. The van der Waals surface area contributed by atoms with Gasteiger partial charge >= 0.3 is 12.1 Å². The molecule has 0 radical (unpaired) electrons. The highest BCUT2D eigenvalue weighted by atomic mass is 16.5. The van der Waals surface area contributed by atoms with Gasteiger partial charge in [-0.1, -0.05) is 55.5 Å². The molecule has 1 aliphatic carbocycles. The number of hydrogen-bond acceptors (Lipinski definition) is 5. The van der Waals surface area contributed by atoms with Gasteiger partial charge in [0.15, 0.2) is 0 Å². The van der Waals surface area contributed by atoms with Crippen molar-refractivity contribution in [1.29, 1.82) is 0 Å². The summed E-state index contributed by atoms with van der Waals surface area (Å²) in [6.07, 6.45) is -0.372. The molecule has 0 aliphatic heterocycles. The summed E-state index contributed by atoms with van der Waals surface area (Å²) in [6, 6.07) is 14.9. The molecule has 2 aromatic carbocycles. The summed E-state index contributed by atoms with van der Waals surface area (Å²) in [5, 5.41) is 23.3. The van der Waals surface area contributed by atoms with Gasteiger partial charge in [-0.2, -0.15) is 0 Å². The van der Waals surface area contributed by atoms with E-state index in [9.17, 15) is 19.5 Å². The van der Waals surface area contributed by atoms with Gasteiger partial charge in [-0.05, 0) is 35.6 Å². The Hall–Kier alpha value is -3.39. The lowest BCUT2D eigenvalue weighted by atomic mass is 9.86. The third kappa shape index (κ3) is 5.34. The van der Waals surface area contributed by atoms with Crippen LogP contribution in [0.4, 0.5) is 4.79 Å². The molecule has 0 fully saturated rings. The molecule has 4 N–H and O–H groups in total. The molecule has 1 unspecified atom stereocenters. The number of rotatable bonds is 10. The van der Waals surface area contributed by atoms with Crippen LogP contribution in [0.15, 0.2) is 48.5 Å². The maximum Gasteiger partial charge on any atom is 0.407 e. The number of carboxylic acid groups (broad SMARTS) is 1. The minimum Gasteiger partial charge on any atom is -0.480 e. The molecule has 2 amide bonds. The number of carboxylic acids is 1. The minimum absolute atomic E-state index is 0.0164. The van der Waals surface area contributed by atoms with Gasteiger partial charge in [0.25, 0.3) is 0 Å². The molecule has 33 heavy (non-hydrogen) atoms. The van der Waals surface area contributed by atoms with Crippen LogP contribution in [0.3, 0.4) is 0 Å². The Morgan fingerprint density at radius 3 is 2.15 bits per heavy atom. The number of carbonyl (C=O) groups is 3. The van der Waals surface area contributed by atoms with Gasteiger partial charge in [-0.3, -0.25) is 4.79 Å². The van der Waals surface area contributed by atoms with Crippen LogP contribution in [-0.4, -0.2) is 54.0 Å². The van der Waals surface area contributed by atoms with E-state index in [1.54, 1.807) is 13.8 Å². The van der Waals surface area contributed by atoms with Crippen molar-refractivity contribution >= 4 is 18.0 Å². The summed E-state index contributed by atoms with van der Waals surface area (Å²) in [5.74, 6) is -1.80. The number of ether oxygens (including phenoxy) is 1. The summed E-state index contributed by atoms with van der Waals surface area (Å²) in [6.45, 7) is 3.20. The number of aliphatic hydroxyl groups excluding tert-OH is 1. The van der Waals surface area contributed by atoms with Crippen molar-refractivity contribution in [3.05, 3.63) is 59.7 Å². The van der Waals surface area contributed by atoms with Crippen molar-refractivity contribution in [1.82, 2.24) is 10.6 Å². The van der Waals surface area contributed by atoms with Gasteiger partial charge in [-0.25, -0.2) is 9.59 Å². The van der Waals surface area contributed by atoms with Crippen LogP contribution in [0.5, 0.6) is 0 Å². The molecule has 0 aromatic heterocycles. The number of hydrogen-bond donors (Lipinski definition) is 4. The van der Waals surface area contributed by atoms with Gasteiger partial charge in [0, 0.05) is 25.5 Å². The normalized spacial score (nSPS) is 15.0. The summed E-state index contributed by atoms with van der Waals surface area (Å²) in [7, 11) is 0. The highest BCUT2D eigenvalue weighted by Gasteiger charge is 2.35. The van der Waals surface area contributed by atoms with Crippen molar-refractivity contribution < 1.29 is 29.3 Å². The molecule has 8 heteroatoms.